The zero-order chi connectivity index (χ0) is 24.3. The second kappa shape index (κ2) is 10.1. The van der Waals surface area contributed by atoms with E-state index in [1.165, 1.54) is 30.2 Å². The normalized spacial score (nSPS) is 18.0. The zero-order valence-electron chi connectivity index (χ0n) is 20.1. The van der Waals surface area contributed by atoms with E-state index >= 15 is 0 Å². The molecule has 2 heterocycles. The third kappa shape index (κ3) is 4.87. The van der Waals surface area contributed by atoms with Crippen LogP contribution in [0.2, 0.25) is 0 Å². The molecule has 0 N–H and O–H groups in total. The highest BCUT2D eigenvalue weighted by Gasteiger charge is 2.42. The Morgan fingerprint density at radius 3 is 2.29 bits per heavy atom. The van der Waals surface area contributed by atoms with E-state index in [9.17, 15) is 8.42 Å². The second-order valence-electron chi connectivity index (χ2n) is 8.50. The highest BCUT2D eigenvalue weighted by molar-refractivity contribution is 8.15. The maximum atomic E-state index is 13.3. The van der Waals surface area contributed by atoms with Gasteiger partial charge in [0.15, 0.2) is 17.2 Å². The number of piperidine rings is 1. The van der Waals surface area contributed by atoms with Gasteiger partial charge in [0.05, 0.1) is 24.8 Å². The Labute approximate surface area is 206 Å². The largest absolute Gasteiger partial charge is 0.493 e. The number of aliphatic imine (C=N–C) groups is 2. The van der Waals surface area contributed by atoms with Crippen molar-refractivity contribution in [1.29, 1.82) is 0 Å². The number of ether oxygens (including phenoxy) is 2. The van der Waals surface area contributed by atoms with Crippen LogP contribution in [0.4, 0.5) is 0 Å². The number of aryl methyl sites for hydroxylation is 1. The molecule has 2 aliphatic rings. The summed E-state index contributed by atoms with van der Waals surface area (Å²) in [4.78, 5) is 10.3. The smallest absolute Gasteiger partial charge is 0.243 e. The topological polar surface area (TPSA) is 80.6 Å². The highest BCUT2D eigenvalue weighted by atomic mass is 32.2. The van der Waals surface area contributed by atoms with E-state index in [-0.39, 0.29) is 4.90 Å². The minimum Gasteiger partial charge on any atom is -0.493 e. The molecule has 0 atom stereocenters. The first-order chi connectivity index (χ1) is 16.3. The van der Waals surface area contributed by atoms with Crippen molar-refractivity contribution in [3.63, 3.8) is 0 Å². The first kappa shape index (κ1) is 24.8. The van der Waals surface area contributed by atoms with Crippen LogP contribution in [0.25, 0.3) is 0 Å². The molecule has 0 saturated carbocycles. The fourth-order valence-electron chi connectivity index (χ4n) is 4.16. The molecule has 9 heteroatoms. The third-order valence-corrected chi connectivity index (χ3v) is 9.18. The molecule has 0 radical (unpaired) electrons. The number of thioether (sulfide) groups is 1. The molecule has 0 bridgehead atoms. The molecule has 182 valence electrons. The van der Waals surface area contributed by atoms with Crippen LogP contribution in [0.5, 0.6) is 11.5 Å². The molecule has 2 aromatic carbocycles. The SMILES string of the molecule is CCCSC1=NC2(CCN(S(=O)(=O)c3ccc(OC)c(OC)c3)CC2)N=C1c1ccc(C)cc1. The van der Waals surface area contributed by atoms with Crippen LogP contribution >= 0.6 is 11.8 Å². The maximum absolute atomic E-state index is 13.3. The lowest BCUT2D eigenvalue weighted by molar-refractivity contribution is 0.249. The number of methoxy groups -OCH3 is 2. The van der Waals surface area contributed by atoms with E-state index in [2.05, 4.69) is 38.1 Å². The lowest BCUT2D eigenvalue weighted by Gasteiger charge is -2.34. The molecule has 2 aromatic rings. The third-order valence-electron chi connectivity index (χ3n) is 6.12. The summed E-state index contributed by atoms with van der Waals surface area (Å²) in [6.45, 7) is 4.93. The molecule has 0 amide bonds. The molecule has 1 saturated heterocycles. The molecule has 0 aromatic heterocycles. The van der Waals surface area contributed by atoms with Gasteiger partial charge in [0.2, 0.25) is 10.0 Å². The summed E-state index contributed by atoms with van der Waals surface area (Å²) in [5.41, 5.74) is 2.59. The summed E-state index contributed by atoms with van der Waals surface area (Å²) in [5, 5.41) is 0.960. The second-order valence-corrected chi connectivity index (χ2v) is 11.5. The Hall–Kier alpha value is -2.36. The lowest BCUT2D eigenvalue weighted by atomic mass is 10.00. The van der Waals surface area contributed by atoms with E-state index in [1.54, 1.807) is 23.9 Å². The van der Waals surface area contributed by atoms with Crippen molar-refractivity contribution in [2.75, 3.05) is 33.1 Å². The van der Waals surface area contributed by atoms with Gasteiger partial charge in [-0.05, 0) is 31.2 Å². The van der Waals surface area contributed by atoms with Gasteiger partial charge in [0, 0.05) is 37.6 Å². The van der Waals surface area contributed by atoms with Gasteiger partial charge in [0.25, 0.3) is 0 Å². The van der Waals surface area contributed by atoms with Crippen LogP contribution in [0.1, 0.15) is 37.3 Å². The van der Waals surface area contributed by atoms with Crippen LogP contribution < -0.4 is 9.47 Å². The number of sulfonamides is 1. The molecule has 0 unspecified atom stereocenters. The van der Waals surface area contributed by atoms with Gasteiger partial charge in [-0.1, -0.05) is 36.8 Å². The van der Waals surface area contributed by atoms with Crippen molar-refractivity contribution in [2.24, 2.45) is 9.98 Å². The van der Waals surface area contributed by atoms with Gasteiger partial charge < -0.3 is 9.47 Å². The number of hydrogen-bond acceptors (Lipinski definition) is 7. The first-order valence-corrected chi connectivity index (χ1v) is 13.9. The summed E-state index contributed by atoms with van der Waals surface area (Å²) < 4.78 is 38.7. The van der Waals surface area contributed by atoms with E-state index < -0.39 is 15.7 Å². The molecule has 7 nitrogen and oxygen atoms in total. The molecular formula is C25H31N3O4S2. The maximum Gasteiger partial charge on any atom is 0.243 e. The Kier molecular flexibility index (Phi) is 7.35. The lowest BCUT2D eigenvalue weighted by Crippen LogP contribution is -2.44. The molecule has 1 fully saturated rings. The molecule has 1 spiro atoms. The van der Waals surface area contributed by atoms with Crippen molar-refractivity contribution in [1.82, 2.24) is 4.31 Å². The van der Waals surface area contributed by atoms with Gasteiger partial charge >= 0.3 is 0 Å². The van der Waals surface area contributed by atoms with E-state index in [1.807, 2.05) is 0 Å². The fraction of sp³-hybridized carbons (Fsp3) is 0.440. The van der Waals surface area contributed by atoms with E-state index in [0.29, 0.717) is 37.4 Å². The minimum absolute atomic E-state index is 0.194. The summed E-state index contributed by atoms with van der Waals surface area (Å²) in [5.74, 6) is 1.86. The first-order valence-electron chi connectivity index (χ1n) is 11.4. The van der Waals surface area contributed by atoms with Crippen molar-refractivity contribution >= 4 is 32.5 Å². The molecule has 0 aliphatic carbocycles. The van der Waals surface area contributed by atoms with Crippen LogP contribution in [0, 0.1) is 6.92 Å². The standard InChI is InChI=1S/C25H31N3O4S2/c1-5-16-33-24-23(19-8-6-18(2)7-9-19)26-25(27-24)12-14-28(15-13-25)34(29,30)20-10-11-21(31-3)22(17-20)32-4/h6-11,17H,5,12-16H2,1-4H3. The highest BCUT2D eigenvalue weighted by Crippen LogP contribution is 2.38. The molecule has 34 heavy (non-hydrogen) atoms. The number of nitrogens with zero attached hydrogens (tertiary/aromatic N) is 3. The molecule has 4 rings (SSSR count). The van der Waals surface area contributed by atoms with Gasteiger partial charge in [-0.2, -0.15) is 4.31 Å². The van der Waals surface area contributed by atoms with E-state index in [4.69, 9.17) is 19.5 Å². The van der Waals surface area contributed by atoms with E-state index in [0.717, 1.165) is 28.5 Å². The van der Waals surface area contributed by atoms with Gasteiger partial charge in [-0.15, -0.1) is 11.8 Å². The summed E-state index contributed by atoms with van der Waals surface area (Å²) in [7, 11) is -0.649. The zero-order valence-corrected chi connectivity index (χ0v) is 21.7. The van der Waals surface area contributed by atoms with Crippen LogP contribution in [-0.4, -0.2) is 62.2 Å². The van der Waals surface area contributed by atoms with Crippen LogP contribution in [0.15, 0.2) is 57.3 Å². The van der Waals surface area contributed by atoms with Gasteiger partial charge in [0.1, 0.15) is 5.04 Å². The number of rotatable bonds is 7. The summed E-state index contributed by atoms with van der Waals surface area (Å²) >= 11 is 1.73. The average molecular weight is 502 g/mol. The summed E-state index contributed by atoms with van der Waals surface area (Å²) in [6.07, 6.45) is 2.14. The average Bonchev–Trinajstić information content (AvgIpc) is 3.20. The Morgan fingerprint density at radius 2 is 1.68 bits per heavy atom. The molecule has 2 aliphatic heterocycles. The van der Waals surface area contributed by atoms with Crippen molar-refractivity contribution in [2.45, 2.75) is 43.7 Å². The van der Waals surface area contributed by atoms with Crippen LogP contribution in [-0.2, 0) is 10.0 Å². The van der Waals surface area contributed by atoms with Crippen molar-refractivity contribution in [3.05, 3.63) is 53.6 Å². The Morgan fingerprint density at radius 1 is 1.00 bits per heavy atom. The quantitative estimate of drug-likeness (QED) is 0.557. The number of hydrogen-bond donors (Lipinski definition) is 0. The monoisotopic (exact) mass is 501 g/mol. The predicted octanol–water partition coefficient (Wildman–Crippen LogP) is 4.54. The Balaban J connectivity index is 1.56. The van der Waals surface area contributed by atoms with Crippen molar-refractivity contribution < 1.29 is 17.9 Å². The van der Waals surface area contributed by atoms with Crippen molar-refractivity contribution in [3.8, 4) is 11.5 Å². The van der Waals surface area contributed by atoms with Gasteiger partial charge in [-0.3, -0.25) is 4.99 Å². The number of benzene rings is 2. The van der Waals surface area contributed by atoms with Gasteiger partial charge in [-0.25, -0.2) is 13.4 Å². The minimum atomic E-state index is -3.67. The Bertz CT molecular complexity index is 1200. The molecular weight excluding hydrogens is 470 g/mol. The fourth-order valence-corrected chi connectivity index (χ4v) is 6.55. The predicted molar refractivity (Wildman–Crippen MR) is 138 cm³/mol. The van der Waals surface area contributed by atoms with Crippen LogP contribution in [0.3, 0.4) is 0 Å². The summed E-state index contributed by atoms with van der Waals surface area (Å²) in [6, 6.07) is 13.0.